The van der Waals surface area contributed by atoms with Crippen LogP contribution in [0.3, 0.4) is 0 Å². The third-order valence-corrected chi connectivity index (χ3v) is 6.55. The third-order valence-electron chi connectivity index (χ3n) is 5.06. The number of hydrogen-bond donors (Lipinski definition) is 1. The van der Waals surface area contributed by atoms with Gasteiger partial charge in [-0.05, 0) is 72.9 Å². The molecule has 31 heavy (non-hydrogen) atoms. The maximum atomic E-state index is 6.31. The molecular weight excluding hydrogens is 446 g/mol. The molecule has 1 fully saturated rings. The summed E-state index contributed by atoms with van der Waals surface area (Å²) in [7, 11) is 0. The van der Waals surface area contributed by atoms with Crippen LogP contribution >= 0.6 is 35.6 Å². The van der Waals surface area contributed by atoms with E-state index in [-0.39, 0.29) is 12.1 Å². The molecule has 2 unspecified atom stereocenters. The molecule has 2 aromatic carbocycles. The minimum absolute atomic E-state index is 0.131. The molecule has 7 heteroatoms. The Morgan fingerprint density at radius 1 is 0.935 bits per heavy atom. The predicted octanol–water partition coefficient (Wildman–Crippen LogP) is 6.66. The number of nitrogens with zero attached hydrogens (tertiary/aromatic N) is 2. The Balaban J connectivity index is 1.51. The molecule has 0 spiro atoms. The second-order valence-electron chi connectivity index (χ2n) is 7.04. The van der Waals surface area contributed by atoms with Gasteiger partial charge in [0.1, 0.15) is 11.8 Å². The van der Waals surface area contributed by atoms with Gasteiger partial charge < -0.3 is 14.6 Å². The van der Waals surface area contributed by atoms with E-state index in [0.717, 1.165) is 27.1 Å². The number of rotatable bonds is 5. The smallest absolute Gasteiger partial charge is 0.174 e. The van der Waals surface area contributed by atoms with Gasteiger partial charge in [0, 0.05) is 21.8 Å². The largest absolute Gasteiger partial charge is 0.452 e. The number of nitrogens with one attached hydrogen (secondary N) is 1. The lowest BCUT2D eigenvalue weighted by molar-refractivity contribution is 0.383. The average molecular weight is 464 g/mol. The summed E-state index contributed by atoms with van der Waals surface area (Å²) in [6.45, 7) is 0. The fourth-order valence-corrected chi connectivity index (χ4v) is 4.93. The van der Waals surface area contributed by atoms with Gasteiger partial charge in [-0.1, -0.05) is 47.6 Å². The topological polar surface area (TPSA) is 41.3 Å². The first-order valence-corrected chi connectivity index (χ1v) is 11.4. The third kappa shape index (κ3) is 4.19. The molecule has 3 heterocycles. The number of hydrogen-bond acceptors (Lipinski definition) is 4. The number of furan rings is 1. The van der Waals surface area contributed by atoms with Gasteiger partial charge in [-0.25, -0.2) is 0 Å². The van der Waals surface area contributed by atoms with Crippen molar-refractivity contribution < 1.29 is 4.42 Å². The van der Waals surface area contributed by atoms with E-state index in [0.29, 0.717) is 10.1 Å². The van der Waals surface area contributed by atoms with Crippen molar-refractivity contribution in [1.29, 1.82) is 0 Å². The van der Waals surface area contributed by atoms with Gasteiger partial charge in [0.25, 0.3) is 0 Å². The summed E-state index contributed by atoms with van der Waals surface area (Å²) in [5, 5.41) is 5.62. The lowest BCUT2D eigenvalue weighted by Gasteiger charge is -2.26. The Labute approximate surface area is 195 Å². The van der Waals surface area contributed by atoms with Gasteiger partial charge in [-0.15, -0.1) is 0 Å². The van der Waals surface area contributed by atoms with Crippen LogP contribution in [0, 0.1) is 0 Å². The molecule has 0 radical (unpaired) electrons. The lowest BCUT2D eigenvalue weighted by atomic mass is 10.0. The van der Waals surface area contributed by atoms with E-state index in [2.05, 4.69) is 15.2 Å². The zero-order valence-electron chi connectivity index (χ0n) is 16.3. The first-order chi connectivity index (χ1) is 15.2. The maximum Gasteiger partial charge on any atom is 0.174 e. The molecule has 0 saturated carbocycles. The fourth-order valence-electron chi connectivity index (χ4n) is 3.68. The van der Waals surface area contributed by atoms with Crippen molar-refractivity contribution >= 4 is 46.4 Å². The van der Waals surface area contributed by atoms with Crippen molar-refractivity contribution in [2.24, 2.45) is 0 Å². The summed E-state index contributed by atoms with van der Waals surface area (Å²) in [6.07, 6.45) is 1.80. The summed E-state index contributed by atoms with van der Waals surface area (Å²) < 4.78 is 6.31. The van der Waals surface area contributed by atoms with Crippen molar-refractivity contribution in [3.63, 3.8) is 0 Å². The van der Waals surface area contributed by atoms with Crippen LogP contribution in [0.15, 0.2) is 106 Å². The Morgan fingerprint density at radius 2 is 1.71 bits per heavy atom. The molecule has 1 aliphatic rings. The molecule has 0 aliphatic carbocycles. The molecule has 4 nitrogen and oxygen atoms in total. The zero-order valence-corrected chi connectivity index (χ0v) is 18.7. The molecular formula is C24H18ClN3OS2. The van der Waals surface area contributed by atoms with Crippen LogP contribution in [0.4, 0.5) is 5.69 Å². The van der Waals surface area contributed by atoms with Crippen molar-refractivity contribution in [3.8, 4) is 0 Å². The van der Waals surface area contributed by atoms with Crippen molar-refractivity contribution in [3.05, 3.63) is 108 Å². The summed E-state index contributed by atoms with van der Waals surface area (Å²) >= 11 is 13.3. The highest BCUT2D eigenvalue weighted by Crippen LogP contribution is 2.43. The van der Waals surface area contributed by atoms with E-state index in [1.54, 1.807) is 18.0 Å². The number of thiocarbonyl (C=S) groups is 1. The highest BCUT2D eigenvalue weighted by atomic mass is 35.5. The number of aromatic nitrogens is 1. The second kappa shape index (κ2) is 8.75. The van der Waals surface area contributed by atoms with Crippen molar-refractivity contribution in [2.45, 2.75) is 22.1 Å². The van der Waals surface area contributed by atoms with Gasteiger partial charge in [0.2, 0.25) is 0 Å². The number of para-hydroxylation sites is 1. The first kappa shape index (κ1) is 20.1. The second-order valence-corrected chi connectivity index (χ2v) is 8.95. The summed E-state index contributed by atoms with van der Waals surface area (Å²) in [6, 6.07) is 27.4. The summed E-state index contributed by atoms with van der Waals surface area (Å²) in [4.78, 5) is 7.74. The number of benzene rings is 2. The Hall–Kier alpha value is -2.80. The van der Waals surface area contributed by atoms with Crippen LogP contribution in [0.25, 0.3) is 0 Å². The predicted molar refractivity (Wildman–Crippen MR) is 129 cm³/mol. The van der Waals surface area contributed by atoms with Crippen molar-refractivity contribution in [2.75, 3.05) is 4.90 Å². The minimum Gasteiger partial charge on any atom is -0.452 e. The monoisotopic (exact) mass is 463 g/mol. The normalized spacial score (nSPS) is 18.2. The molecule has 4 aromatic rings. The lowest BCUT2D eigenvalue weighted by Crippen LogP contribution is -2.29. The number of pyridine rings is 1. The molecule has 0 amide bonds. The number of anilines is 1. The molecule has 154 valence electrons. The maximum absolute atomic E-state index is 6.31. The first-order valence-electron chi connectivity index (χ1n) is 9.78. The van der Waals surface area contributed by atoms with Crippen LogP contribution in [0.1, 0.15) is 23.5 Å². The highest BCUT2D eigenvalue weighted by molar-refractivity contribution is 7.99. The average Bonchev–Trinajstić information content (AvgIpc) is 3.40. The Bertz CT molecular complexity index is 1180. The van der Waals surface area contributed by atoms with Crippen LogP contribution in [0.2, 0.25) is 5.02 Å². The number of halogens is 1. The molecule has 1 aliphatic heterocycles. The summed E-state index contributed by atoms with van der Waals surface area (Å²) in [5.41, 5.74) is 1.92. The van der Waals surface area contributed by atoms with Crippen LogP contribution < -0.4 is 10.2 Å². The molecule has 1 N–H and O–H groups in total. The fraction of sp³-hybridized carbons (Fsp3) is 0.0833. The molecule has 2 aromatic heterocycles. The van der Waals surface area contributed by atoms with E-state index >= 15 is 0 Å². The van der Waals surface area contributed by atoms with Crippen molar-refractivity contribution in [1.82, 2.24) is 10.3 Å². The van der Waals surface area contributed by atoms with E-state index in [1.807, 2.05) is 84.9 Å². The van der Waals surface area contributed by atoms with Gasteiger partial charge >= 0.3 is 0 Å². The van der Waals surface area contributed by atoms with E-state index in [4.69, 9.17) is 28.2 Å². The Kier molecular flexibility index (Phi) is 5.68. The van der Waals surface area contributed by atoms with Crippen LogP contribution in [-0.2, 0) is 0 Å². The van der Waals surface area contributed by atoms with Crippen LogP contribution in [-0.4, -0.2) is 10.1 Å². The van der Waals surface area contributed by atoms with Gasteiger partial charge in [0.05, 0.1) is 11.7 Å². The van der Waals surface area contributed by atoms with Gasteiger partial charge in [0.15, 0.2) is 10.2 Å². The van der Waals surface area contributed by atoms with Gasteiger partial charge in [-0.2, -0.15) is 0 Å². The SMILES string of the molecule is S=C1NC(c2ccccn2)C(c2ccc(Sc3ccc(Cl)cc3)o2)N1c1ccccc1. The Morgan fingerprint density at radius 3 is 2.45 bits per heavy atom. The van der Waals surface area contributed by atoms with E-state index < -0.39 is 0 Å². The van der Waals surface area contributed by atoms with E-state index in [9.17, 15) is 0 Å². The molecule has 1 saturated heterocycles. The zero-order chi connectivity index (χ0) is 21.2. The highest BCUT2D eigenvalue weighted by Gasteiger charge is 2.42. The molecule has 2 atom stereocenters. The minimum atomic E-state index is -0.163. The molecule has 0 bridgehead atoms. The van der Waals surface area contributed by atoms with Crippen LogP contribution in [0.5, 0.6) is 0 Å². The quantitative estimate of drug-likeness (QED) is 0.334. The summed E-state index contributed by atoms with van der Waals surface area (Å²) in [5.74, 6) is 0.823. The standard InChI is InChI=1S/C24H18ClN3OS2/c25-16-9-11-18(12-10-16)31-21-14-13-20(29-21)23-22(19-8-4-5-15-26-19)27-24(30)28(23)17-6-2-1-3-7-17/h1-15,22-23H,(H,27,30). The van der Waals surface area contributed by atoms with E-state index in [1.165, 1.54) is 0 Å². The molecule has 5 rings (SSSR count). The van der Waals surface area contributed by atoms with Gasteiger partial charge in [-0.3, -0.25) is 4.98 Å².